The molecule has 0 atom stereocenters. The van der Waals surface area contributed by atoms with Gasteiger partial charge in [0.15, 0.2) is 5.82 Å². The number of nitrogens with zero attached hydrogens (tertiary/aromatic N) is 4. The second-order valence-corrected chi connectivity index (χ2v) is 5.70. The summed E-state index contributed by atoms with van der Waals surface area (Å²) in [6, 6.07) is 13.9. The van der Waals surface area contributed by atoms with Crippen LogP contribution in [0.4, 0.5) is 0 Å². The minimum Gasteiger partial charge on any atom is -0.343 e. The fraction of sp³-hybridized carbons (Fsp3) is 0.0556. The van der Waals surface area contributed by atoms with Gasteiger partial charge in [-0.25, -0.2) is 9.67 Å². The van der Waals surface area contributed by atoms with Gasteiger partial charge in [0.05, 0.1) is 12.2 Å². The summed E-state index contributed by atoms with van der Waals surface area (Å²) in [6.07, 6.45) is 3.31. The van der Waals surface area contributed by atoms with E-state index in [9.17, 15) is 9.59 Å². The average Bonchev–Trinajstić information content (AvgIpc) is 3.34. The summed E-state index contributed by atoms with van der Waals surface area (Å²) in [7, 11) is 0. The number of pyridine rings is 1. The molecule has 1 amide bonds. The highest BCUT2D eigenvalue weighted by atomic mass is 16.2. The van der Waals surface area contributed by atoms with Gasteiger partial charge in [0, 0.05) is 24.0 Å². The highest BCUT2D eigenvalue weighted by Crippen LogP contribution is 2.12. The maximum absolute atomic E-state index is 12.3. The van der Waals surface area contributed by atoms with Gasteiger partial charge in [-0.3, -0.25) is 24.8 Å². The molecule has 0 bridgehead atoms. The second kappa shape index (κ2) is 7.08. The van der Waals surface area contributed by atoms with Crippen LogP contribution in [0.15, 0.2) is 65.7 Å². The normalized spacial score (nSPS) is 10.7. The van der Waals surface area contributed by atoms with Crippen LogP contribution in [0.3, 0.4) is 0 Å². The van der Waals surface area contributed by atoms with Gasteiger partial charge in [0.2, 0.25) is 0 Å². The van der Waals surface area contributed by atoms with Crippen molar-refractivity contribution in [3.05, 3.63) is 82.8 Å². The summed E-state index contributed by atoms with van der Waals surface area (Å²) < 4.78 is 1.31. The number of H-pyrrole nitrogens is 2. The number of para-hydroxylation sites is 1. The zero-order chi connectivity index (χ0) is 18.6. The second-order valence-electron chi connectivity index (χ2n) is 5.70. The third-order valence-corrected chi connectivity index (χ3v) is 3.87. The van der Waals surface area contributed by atoms with Crippen molar-refractivity contribution in [1.82, 2.24) is 35.3 Å². The minimum atomic E-state index is -0.413. The van der Waals surface area contributed by atoms with Gasteiger partial charge >= 0.3 is 0 Å². The van der Waals surface area contributed by atoms with Gasteiger partial charge in [-0.05, 0) is 24.3 Å². The van der Waals surface area contributed by atoms with Gasteiger partial charge < -0.3 is 5.32 Å². The molecule has 4 rings (SSSR count). The zero-order valence-corrected chi connectivity index (χ0v) is 14.1. The number of aromatic amines is 2. The minimum absolute atomic E-state index is 0.148. The molecule has 4 aromatic rings. The van der Waals surface area contributed by atoms with Crippen LogP contribution < -0.4 is 10.9 Å². The summed E-state index contributed by atoms with van der Waals surface area (Å²) in [6.45, 7) is 0.148. The van der Waals surface area contributed by atoms with Crippen molar-refractivity contribution in [3.63, 3.8) is 0 Å². The Morgan fingerprint density at radius 3 is 2.67 bits per heavy atom. The molecule has 0 aliphatic rings. The molecule has 0 saturated heterocycles. The monoisotopic (exact) mass is 361 g/mol. The van der Waals surface area contributed by atoms with E-state index in [4.69, 9.17) is 0 Å². The third kappa shape index (κ3) is 3.52. The van der Waals surface area contributed by atoms with Gasteiger partial charge in [0.1, 0.15) is 11.5 Å². The summed E-state index contributed by atoms with van der Waals surface area (Å²) in [5, 5.41) is 12.4. The van der Waals surface area contributed by atoms with E-state index in [0.717, 1.165) is 5.56 Å². The Morgan fingerprint density at radius 2 is 1.89 bits per heavy atom. The Balaban J connectivity index is 1.45. The van der Waals surface area contributed by atoms with E-state index in [1.165, 1.54) is 10.7 Å². The summed E-state index contributed by atoms with van der Waals surface area (Å²) in [4.78, 5) is 32.7. The number of benzene rings is 1. The lowest BCUT2D eigenvalue weighted by molar-refractivity contribution is 0.0944. The largest absolute Gasteiger partial charge is 0.343 e. The smallest absolute Gasteiger partial charge is 0.271 e. The van der Waals surface area contributed by atoms with Crippen molar-refractivity contribution >= 4 is 5.91 Å². The first kappa shape index (κ1) is 16.5. The zero-order valence-electron chi connectivity index (χ0n) is 14.1. The summed E-state index contributed by atoms with van der Waals surface area (Å²) in [5.74, 6) is 0.605. The molecule has 0 fully saturated rings. The summed E-state index contributed by atoms with van der Waals surface area (Å²) in [5.41, 5.74) is 1.32. The van der Waals surface area contributed by atoms with Crippen LogP contribution in [0.25, 0.3) is 17.1 Å². The third-order valence-electron chi connectivity index (χ3n) is 3.87. The molecule has 1 aromatic carbocycles. The van der Waals surface area contributed by atoms with Crippen LogP contribution in [0, 0.1) is 0 Å². The molecule has 0 aliphatic heterocycles. The fourth-order valence-corrected chi connectivity index (χ4v) is 2.54. The van der Waals surface area contributed by atoms with E-state index in [-0.39, 0.29) is 17.8 Å². The van der Waals surface area contributed by atoms with Crippen molar-refractivity contribution < 1.29 is 4.79 Å². The van der Waals surface area contributed by atoms with E-state index in [0.29, 0.717) is 17.3 Å². The predicted molar refractivity (Wildman–Crippen MR) is 97.2 cm³/mol. The lowest BCUT2D eigenvalue weighted by Gasteiger charge is -2.02. The number of nitrogens with one attached hydrogen (secondary N) is 3. The summed E-state index contributed by atoms with van der Waals surface area (Å²) >= 11 is 0. The van der Waals surface area contributed by atoms with Gasteiger partial charge in [-0.1, -0.05) is 18.2 Å². The topological polar surface area (TPSA) is 121 Å². The first-order chi connectivity index (χ1) is 13.2. The molecule has 9 nitrogen and oxygen atoms in total. The van der Waals surface area contributed by atoms with Crippen molar-refractivity contribution in [2.45, 2.75) is 6.54 Å². The SMILES string of the molecule is O=C(NCc1nc(-c2ccncc2)n[nH]1)c1cc(=O)n(-c2ccccc2)[nH]1. The molecule has 0 radical (unpaired) electrons. The van der Waals surface area contributed by atoms with E-state index in [1.807, 2.05) is 18.2 Å². The molecule has 134 valence electrons. The van der Waals surface area contributed by atoms with Crippen LogP contribution >= 0.6 is 0 Å². The van der Waals surface area contributed by atoms with Crippen LogP contribution in [0.1, 0.15) is 16.3 Å². The van der Waals surface area contributed by atoms with E-state index >= 15 is 0 Å². The van der Waals surface area contributed by atoms with Crippen molar-refractivity contribution in [3.8, 4) is 17.1 Å². The van der Waals surface area contributed by atoms with Crippen molar-refractivity contribution in [2.24, 2.45) is 0 Å². The molecular formula is C18H15N7O2. The molecule has 0 unspecified atom stereocenters. The van der Waals surface area contributed by atoms with E-state index < -0.39 is 5.91 Å². The van der Waals surface area contributed by atoms with Gasteiger partial charge in [0.25, 0.3) is 11.5 Å². The number of carbonyl (C=O) groups excluding carboxylic acids is 1. The Labute approximate surface area is 153 Å². The van der Waals surface area contributed by atoms with E-state index in [1.54, 1.807) is 36.7 Å². The van der Waals surface area contributed by atoms with Crippen LogP contribution in [-0.2, 0) is 6.54 Å². The highest BCUT2D eigenvalue weighted by molar-refractivity contribution is 5.92. The molecule has 3 heterocycles. The highest BCUT2D eigenvalue weighted by Gasteiger charge is 2.13. The molecule has 27 heavy (non-hydrogen) atoms. The molecule has 3 aromatic heterocycles. The molecule has 0 saturated carbocycles. The van der Waals surface area contributed by atoms with Crippen molar-refractivity contribution in [2.75, 3.05) is 0 Å². The van der Waals surface area contributed by atoms with Gasteiger partial charge in [-0.2, -0.15) is 5.10 Å². The van der Waals surface area contributed by atoms with Crippen LogP contribution in [0.2, 0.25) is 0 Å². The van der Waals surface area contributed by atoms with Crippen LogP contribution in [0.5, 0.6) is 0 Å². The Bertz CT molecular complexity index is 1110. The van der Waals surface area contributed by atoms with Crippen molar-refractivity contribution in [1.29, 1.82) is 0 Å². The predicted octanol–water partition coefficient (Wildman–Crippen LogP) is 1.28. The van der Waals surface area contributed by atoms with Gasteiger partial charge in [-0.15, -0.1) is 0 Å². The van der Waals surface area contributed by atoms with E-state index in [2.05, 4.69) is 30.6 Å². The Morgan fingerprint density at radius 1 is 1.11 bits per heavy atom. The maximum atomic E-state index is 12.3. The first-order valence-corrected chi connectivity index (χ1v) is 8.18. The number of carbonyl (C=O) groups is 1. The number of hydrogen-bond donors (Lipinski definition) is 3. The number of rotatable bonds is 5. The average molecular weight is 361 g/mol. The maximum Gasteiger partial charge on any atom is 0.271 e. The number of hydrogen-bond acceptors (Lipinski definition) is 5. The molecule has 0 spiro atoms. The molecule has 3 N–H and O–H groups in total. The molecular weight excluding hydrogens is 346 g/mol. The lowest BCUT2D eigenvalue weighted by Crippen LogP contribution is -2.24. The molecule has 9 heteroatoms. The first-order valence-electron chi connectivity index (χ1n) is 8.18. The lowest BCUT2D eigenvalue weighted by atomic mass is 10.2. The Hall–Kier alpha value is -4.01. The number of amides is 1. The fourth-order valence-electron chi connectivity index (χ4n) is 2.54. The Kier molecular flexibility index (Phi) is 4.32. The standard InChI is InChI=1S/C18H15N7O2/c26-16-10-14(24-25(16)13-4-2-1-3-5-13)18(27)20-11-15-21-17(23-22-15)12-6-8-19-9-7-12/h1-10,24H,11H2,(H,20,27)(H,21,22,23). The molecule has 0 aliphatic carbocycles. The van der Waals surface area contributed by atoms with Crippen LogP contribution in [-0.4, -0.2) is 35.9 Å². The number of aromatic nitrogens is 6. The quantitative estimate of drug-likeness (QED) is 0.494.